The van der Waals surface area contributed by atoms with Crippen molar-refractivity contribution in [2.45, 2.75) is 33.2 Å². The lowest BCUT2D eigenvalue weighted by atomic mass is 10.0. The van der Waals surface area contributed by atoms with E-state index in [-0.39, 0.29) is 5.63 Å². The van der Waals surface area contributed by atoms with E-state index in [1.807, 2.05) is 48.8 Å². The third-order valence-corrected chi connectivity index (χ3v) is 7.35. The molecule has 0 bridgehead atoms. The SMILES string of the molecule is Cc1cn2cc(-c3cc4ccc(N5CCN6CCC(C)[C@H]6C5)cc4oc3=O)cc2c(C)n1. The maximum Gasteiger partial charge on any atom is 0.344 e. The molecule has 6 nitrogen and oxygen atoms in total. The number of piperazine rings is 1. The van der Waals surface area contributed by atoms with Gasteiger partial charge in [0.1, 0.15) is 5.58 Å². The summed E-state index contributed by atoms with van der Waals surface area (Å²) in [4.78, 5) is 22.5. The fraction of sp³-hybridized carbons (Fsp3) is 0.385. The van der Waals surface area contributed by atoms with Crippen LogP contribution in [-0.2, 0) is 0 Å². The van der Waals surface area contributed by atoms with E-state index in [0.717, 1.165) is 59.1 Å². The van der Waals surface area contributed by atoms with Crippen molar-refractivity contribution in [3.63, 3.8) is 0 Å². The Morgan fingerprint density at radius 1 is 1.06 bits per heavy atom. The molecule has 1 aromatic carbocycles. The van der Waals surface area contributed by atoms with Gasteiger partial charge in [-0.25, -0.2) is 4.79 Å². The summed E-state index contributed by atoms with van der Waals surface area (Å²) in [6, 6.07) is 10.9. The Balaban J connectivity index is 1.36. The third-order valence-electron chi connectivity index (χ3n) is 7.35. The molecule has 0 spiro atoms. The molecule has 4 aromatic rings. The normalized spacial score (nSPS) is 21.5. The zero-order valence-electron chi connectivity index (χ0n) is 18.8. The average Bonchev–Trinajstić information content (AvgIpc) is 3.36. The van der Waals surface area contributed by atoms with Crippen LogP contribution in [0.4, 0.5) is 5.69 Å². The van der Waals surface area contributed by atoms with Crippen molar-refractivity contribution in [1.82, 2.24) is 14.3 Å². The number of hydrogen-bond donors (Lipinski definition) is 0. The molecular weight excluding hydrogens is 400 g/mol. The van der Waals surface area contributed by atoms with Crippen LogP contribution in [0.2, 0.25) is 0 Å². The molecule has 2 atom stereocenters. The maximum absolute atomic E-state index is 12.9. The lowest BCUT2D eigenvalue weighted by Gasteiger charge is -2.40. The minimum Gasteiger partial charge on any atom is -0.422 e. The predicted octanol–water partition coefficient (Wildman–Crippen LogP) is 4.25. The van der Waals surface area contributed by atoms with Crippen LogP contribution < -0.4 is 10.5 Å². The van der Waals surface area contributed by atoms with Crippen molar-refractivity contribution in [3.8, 4) is 11.1 Å². The smallest absolute Gasteiger partial charge is 0.344 e. The number of nitrogens with zero attached hydrogens (tertiary/aromatic N) is 4. The van der Waals surface area contributed by atoms with Crippen LogP contribution >= 0.6 is 0 Å². The highest BCUT2D eigenvalue weighted by Gasteiger charge is 2.35. The number of benzene rings is 1. The summed E-state index contributed by atoms with van der Waals surface area (Å²) in [6.45, 7) is 10.7. The van der Waals surface area contributed by atoms with Gasteiger partial charge in [0.2, 0.25) is 0 Å². The van der Waals surface area contributed by atoms with Gasteiger partial charge in [0.05, 0.1) is 22.5 Å². The first-order valence-corrected chi connectivity index (χ1v) is 11.5. The first kappa shape index (κ1) is 19.6. The number of aryl methyl sites for hydroxylation is 2. The summed E-state index contributed by atoms with van der Waals surface area (Å²) in [5.41, 5.74) is 5.81. The second-order valence-electron chi connectivity index (χ2n) is 9.47. The zero-order valence-corrected chi connectivity index (χ0v) is 18.8. The zero-order chi connectivity index (χ0) is 22.0. The minimum absolute atomic E-state index is 0.304. The molecule has 0 radical (unpaired) electrons. The topological polar surface area (TPSA) is 54.0 Å². The summed E-state index contributed by atoms with van der Waals surface area (Å²) in [5.74, 6) is 0.735. The Labute approximate surface area is 187 Å². The highest BCUT2D eigenvalue weighted by atomic mass is 16.4. The van der Waals surface area contributed by atoms with E-state index in [0.29, 0.717) is 17.2 Å². The molecular formula is C26H28N4O2. The summed E-state index contributed by atoms with van der Waals surface area (Å²) in [6.07, 6.45) is 5.25. The lowest BCUT2D eigenvalue weighted by molar-refractivity contribution is 0.209. The highest BCUT2D eigenvalue weighted by Crippen LogP contribution is 2.31. The van der Waals surface area contributed by atoms with Gasteiger partial charge in [0.25, 0.3) is 0 Å². The van der Waals surface area contributed by atoms with Crippen LogP contribution in [0.15, 0.2) is 51.9 Å². The summed E-state index contributed by atoms with van der Waals surface area (Å²) >= 11 is 0. The van der Waals surface area contributed by atoms with Crippen LogP contribution in [0.5, 0.6) is 0 Å². The fourth-order valence-electron chi connectivity index (χ4n) is 5.54. The number of hydrogen-bond acceptors (Lipinski definition) is 5. The van der Waals surface area contributed by atoms with Gasteiger partial charge < -0.3 is 13.7 Å². The quantitative estimate of drug-likeness (QED) is 0.447. The minimum atomic E-state index is -0.304. The number of fused-ring (bicyclic) bond motifs is 3. The largest absolute Gasteiger partial charge is 0.422 e. The van der Waals surface area contributed by atoms with Crippen LogP contribution in [0.1, 0.15) is 24.7 Å². The molecule has 0 N–H and O–H groups in total. The molecule has 2 aliphatic heterocycles. The summed E-state index contributed by atoms with van der Waals surface area (Å²) < 4.78 is 7.85. The third kappa shape index (κ3) is 3.13. The lowest BCUT2D eigenvalue weighted by Crippen LogP contribution is -2.51. The van der Waals surface area contributed by atoms with E-state index in [1.165, 1.54) is 13.0 Å². The van der Waals surface area contributed by atoms with Gasteiger partial charge in [-0.1, -0.05) is 6.92 Å². The first-order valence-electron chi connectivity index (χ1n) is 11.5. The fourth-order valence-corrected chi connectivity index (χ4v) is 5.54. The molecule has 0 aliphatic carbocycles. The standard InChI is InChI=1S/C26H28N4O2/c1-16-6-7-28-8-9-29(15-24(16)28)21-5-4-19-10-22(26(31)32-25(19)12-21)20-11-23-18(3)27-17(2)13-30(23)14-20/h4-5,10-14,16,24H,6-9,15H2,1-3H3/t16?,24-/m1/s1. The Bertz CT molecular complexity index is 1400. The first-order chi connectivity index (χ1) is 15.5. The van der Waals surface area contributed by atoms with Gasteiger partial charge in [-0.2, -0.15) is 0 Å². The molecule has 2 saturated heterocycles. The molecule has 164 valence electrons. The Kier molecular flexibility index (Phi) is 4.40. The molecule has 0 amide bonds. The maximum atomic E-state index is 12.9. The second-order valence-corrected chi connectivity index (χ2v) is 9.47. The van der Waals surface area contributed by atoms with Crippen molar-refractivity contribution < 1.29 is 4.42 Å². The van der Waals surface area contributed by atoms with Gasteiger partial charge in [-0.3, -0.25) is 9.88 Å². The number of anilines is 1. The summed E-state index contributed by atoms with van der Waals surface area (Å²) in [5, 5.41) is 0.942. The van der Waals surface area contributed by atoms with Crippen molar-refractivity contribution in [1.29, 1.82) is 0 Å². The van der Waals surface area contributed by atoms with E-state index in [1.54, 1.807) is 0 Å². The molecule has 5 heterocycles. The predicted molar refractivity (Wildman–Crippen MR) is 127 cm³/mol. The molecule has 2 aliphatic rings. The Morgan fingerprint density at radius 3 is 2.81 bits per heavy atom. The van der Waals surface area contributed by atoms with Gasteiger partial charge in [-0.15, -0.1) is 0 Å². The Morgan fingerprint density at radius 2 is 1.94 bits per heavy atom. The number of aromatic nitrogens is 2. The van der Waals surface area contributed by atoms with Crippen molar-refractivity contribution in [3.05, 3.63) is 64.5 Å². The molecule has 0 saturated carbocycles. The monoisotopic (exact) mass is 428 g/mol. The molecule has 3 aromatic heterocycles. The number of rotatable bonds is 2. The van der Waals surface area contributed by atoms with Gasteiger partial charge >= 0.3 is 5.63 Å². The van der Waals surface area contributed by atoms with E-state index in [9.17, 15) is 4.79 Å². The van der Waals surface area contributed by atoms with Crippen molar-refractivity contribution >= 4 is 22.2 Å². The molecule has 6 rings (SSSR count). The summed E-state index contributed by atoms with van der Waals surface area (Å²) in [7, 11) is 0. The van der Waals surface area contributed by atoms with Crippen molar-refractivity contribution in [2.75, 3.05) is 31.1 Å². The van der Waals surface area contributed by atoms with E-state index >= 15 is 0 Å². The van der Waals surface area contributed by atoms with Crippen LogP contribution in [0.25, 0.3) is 27.6 Å². The van der Waals surface area contributed by atoms with Gasteiger partial charge in [-0.05, 0) is 57.0 Å². The van der Waals surface area contributed by atoms with Gasteiger partial charge in [0.15, 0.2) is 0 Å². The molecule has 32 heavy (non-hydrogen) atoms. The molecule has 1 unspecified atom stereocenters. The van der Waals surface area contributed by atoms with Crippen LogP contribution in [-0.4, -0.2) is 46.5 Å². The second kappa shape index (κ2) is 7.20. The highest BCUT2D eigenvalue weighted by molar-refractivity contribution is 5.85. The molecule has 2 fully saturated rings. The van der Waals surface area contributed by atoms with E-state index in [2.05, 4.69) is 33.8 Å². The van der Waals surface area contributed by atoms with Crippen LogP contribution in [0, 0.1) is 19.8 Å². The van der Waals surface area contributed by atoms with E-state index in [4.69, 9.17) is 4.42 Å². The van der Waals surface area contributed by atoms with Crippen molar-refractivity contribution in [2.24, 2.45) is 5.92 Å². The molecule has 6 heteroatoms. The Hall–Kier alpha value is -3.12. The average molecular weight is 429 g/mol. The van der Waals surface area contributed by atoms with E-state index < -0.39 is 0 Å². The van der Waals surface area contributed by atoms with Crippen LogP contribution in [0.3, 0.4) is 0 Å². The van der Waals surface area contributed by atoms with Gasteiger partial charge in [0, 0.05) is 60.8 Å².